The maximum atomic E-state index is 6.27. The third-order valence-corrected chi connectivity index (χ3v) is 3.41. The Hall–Kier alpha value is -1.48. The van der Waals surface area contributed by atoms with Crippen molar-refractivity contribution in [3.05, 3.63) is 34.3 Å². The highest BCUT2D eigenvalue weighted by atomic mass is 35.5. The van der Waals surface area contributed by atoms with Crippen molar-refractivity contribution >= 4 is 17.4 Å². The van der Waals surface area contributed by atoms with E-state index < -0.39 is 0 Å². The first-order chi connectivity index (χ1) is 7.74. The Kier molecular flexibility index (Phi) is 2.14. The Bertz CT molecular complexity index is 545. The fourth-order valence-corrected chi connectivity index (χ4v) is 2.63. The van der Waals surface area contributed by atoms with Gasteiger partial charge in [-0.05, 0) is 42.5 Å². The van der Waals surface area contributed by atoms with Crippen LogP contribution in [0.2, 0.25) is 5.02 Å². The van der Waals surface area contributed by atoms with Gasteiger partial charge in [0.05, 0.1) is 5.69 Å². The molecule has 0 atom stereocenters. The lowest BCUT2D eigenvalue weighted by Crippen LogP contribution is -1.87. The van der Waals surface area contributed by atoms with E-state index in [9.17, 15) is 0 Å². The van der Waals surface area contributed by atoms with E-state index >= 15 is 0 Å². The summed E-state index contributed by atoms with van der Waals surface area (Å²) in [4.78, 5) is 0. The number of nitrogens with zero attached hydrogens (tertiary/aromatic N) is 1. The van der Waals surface area contributed by atoms with Gasteiger partial charge in [0.15, 0.2) is 0 Å². The molecule has 16 heavy (non-hydrogen) atoms. The minimum absolute atomic E-state index is 0.506. The van der Waals surface area contributed by atoms with E-state index in [1.165, 1.54) is 17.5 Å². The molecule has 2 aromatic rings. The molecule has 3 N–H and O–H groups in total. The van der Waals surface area contributed by atoms with Crippen molar-refractivity contribution in [3.8, 4) is 11.3 Å². The van der Waals surface area contributed by atoms with Gasteiger partial charge >= 0.3 is 0 Å². The Labute approximate surface area is 98.6 Å². The normalized spacial score (nSPS) is 14.1. The fourth-order valence-electron chi connectivity index (χ4n) is 2.29. The molecule has 3 nitrogen and oxygen atoms in total. The van der Waals surface area contributed by atoms with Gasteiger partial charge in [0.1, 0.15) is 5.82 Å². The van der Waals surface area contributed by atoms with Gasteiger partial charge in [-0.3, -0.25) is 5.10 Å². The number of aromatic amines is 1. The standard InChI is InChI=1S/C12H12ClN3/c13-10-5-8(11-6-12(14)16-15-11)4-7-2-1-3-9(7)10/h4-6H,1-3H2,(H3,14,15,16). The van der Waals surface area contributed by atoms with Crippen LogP contribution in [-0.2, 0) is 12.8 Å². The van der Waals surface area contributed by atoms with Crippen LogP contribution in [0.25, 0.3) is 11.3 Å². The van der Waals surface area contributed by atoms with Gasteiger partial charge in [0.25, 0.3) is 0 Å². The first kappa shape index (κ1) is 9.73. The summed E-state index contributed by atoms with van der Waals surface area (Å²) in [7, 11) is 0. The number of nitrogen functional groups attached to an aromatic ring is 1. The van der Waals surface area contributed by atoms with Crippen LogP contribution in [0.1, 0.15) is 17.5 Å². The summed E-state index contributed by atoms with van der Waals surface area (Å²) >= 11 is 6.27. The molecule has 0 bridgehead atoms. The van der Waals surface area contributed by atoms with Gasteiger partial charge < -0.3 is 5.73 Å². The minimum Gasteiger partial charge on any atom is -0.382 e. The fraction of sp³-hybridized carbons (Fsp3) is 0.250. The SMILES string of the molecule is Nc1cc(-c2cc(Cl)c3c(c2)CCC3)[nH]n1. The number of nitrogens with one attached hydrogen (secondary N) is 1. The number of hydrogen-bond donors (Lipinski definition) is 2. The molecule has 0 unspecified atom stereocenters. The lowest BCUT2D eigenvalue weighted by molar-refractivity contribution is 0.912. The van der Waals surface area contributed by atoms with E-state index in [0.717, 1.165) is 29.1 Å². The van der Waals surface area contributed by atoms with Crippen LogP contribution >= 0.6 is 11.6 Å². The number of halogens is 1. The first-order valence-corrected chi connectivity index (χ1v) is 5.74. The second-order valence-corrected chi connectivity index (χ2v) is 4.56. The molecule has 0 saturated carbocycles. The number of hydrogen-bond acceptors (Lipinski definition) is 2. The van der Waals surface area contributed by atoms with Gasteiger partial charge in [-0.1, -0.05) is 11.6 Å². The summed E-state index contributed by atoms with van der Waals surface area (Å²) in [5.41, 5.74) is 10.2. The van der Waals surface area contributed by atoms with E-state index in [4.69, 9.17) is 17.3 Å². The molecular formula is C12H12ClN3. The molecule has 1 aromatic carbocycles. The average molecular weight is 234 g/mol. The molecular weight excluding hydrogens is 222 g/mol. The second-order valence-electron chi connectivity index (χ2n) is 4.16. The molecule has 1 aromatic heterocycles. The molecule has 82 valence electrons. The van der Waals surface area contributed by atoms with E-state index in [0.29, 0.717) is 5.82 Å². The number of aryl methyl sites for hydroxylation is 1. The molecule has 0 saturated heterocycles. The van der Waals surface area contributed by atoms with Gasteiger partial charge in [-0.15, -0.1) is 0 Å². The monoisotopic (exact) mass is 233 g/mol. The number of fused-ring (bicyclic) bond motifs is 1. The Morgan fingerprint density at radius 2 is 2.12 bits per heavy atom. The topological polar surface area (TPSA) is 54.7 Å². The summed E-state index contributed by atoms with van der Waals surface area (Å²) in [6, 6.07) is 5.99. The van der Waals surface area contributed by atoms with Crippen molar-refractivity contribution in [2.75, 3.05) is 5.73 Å². The van der Waals surface area contributed by atoms with Crippen LogP contribution in [0, 0.1) is 0 Å². The highest BCUT2D eigenvalue weighted by Gasteiger charge is 2.16. The van der Waals surface area contributed by atoms with E-state index in [1.807, 2.05) is 12.1 Å². The van der Waals surface area contributed by atoms with E-state index in [-0.39, 0.29) is 0 Å². The molecule has 1 aliphatic rings. The van der Waals surface area contributed by atoms with Crippen molar-refractivity contribution in [3.63, 3.8) is 0 Å². The maximum absolute atomic E-state index is 6.27. The number of anilines is 1. The Morgan fingerprint density at radius 1 is 1.25 bits per heavy atom. The Morgan fingerprint density at radius 3 is 2.88 bits per heavy atom. The van der Waals surface area contributed by atoms with Crippen molar-refractivity contribution < 1.29 is 0 Å². The second kappa shape index (κ2) is 3.52. The highest BCUT2D eigenvalue weighted by Crippen LogP contribution is 2.33. The Balaban J connectivity index is 2.12. The molecule has 1 aliphatic carbocycles. The third kappa shape index (κ3) is 1.48. The summed E-state index contributed by atoms with van der Waals surface area (Å²) in [5, 5.41) is 7.69. The van der Waals surface area contributed by atoms with Crippen LogP contribution in [-0.4, -0.2) is 10.2 Å². The number of H-pyrrole nitrogens is 1. The molecule has 3 rings (SSSR count). The van der Waals surface area contributed by atoms with Crippen LogP contribution < -0.4 is 5.73 Å². The molecule has 1 heterocycles. The molecule has 0 fully saturated rings. The lowest BCUT2D eigenvalue weighted by Gasteiger charge is -2.05. The quantitative estimate of drug-likeness (QED) is 0.796. The van der Waals surface area contributed by atoms with E-state index in [1.54, 1.807) is 0 Å². The van der Waals surface area contributed by atoms with Gasteiger partial charge in [0, 0.05) is 16.7 Å². The predicted octanol–water partition coefficient (Wildman–Crippen LogP) is 2.80. The average Bonchev–Trinajstić information content (AvgIpc) is 2.85. The lowest BCUT2D eigenvalue weighted by atomic mass is 10.0. The van der Waals surface area contributed by atoms with Crippen molar-refractivity contribution in [2.24, 2.45) is 0 Å². The molecule has 4 heteroatoms. The van der Waals surface area contributed by atoms with Crippen LogP contribution in [0.3, 0.4) is 0 Å². The van der Waals surface area contributed by atoms with Gasteiger partial charge in [-0.25, -0.2) is 0 Å². The summed E-state index contributed by atoms with van der Waals surface area (Å²) in [5.74, 6) is 0.506. The van der Waals surface area contributed by atoms with Crippen LogP contribution in [0.15, 0.2) is 18.2 Å². The summed E-state index contributed by atoms with van der Waals surface area (Å²) in [6.45, 7) is 0. The maximum Gasteiger partial charge on any atom is 0.145 e. The zero-order valence-electron chi connectivity index (χ0n) is 8.76. The number of nitrogens with two attached hydrogens (primary N) is 1. The molecule has 0 spiro atoms. The number of benzene rings is 1. The molecule has 0 radical (unpaired) electrons. The van der Waals surface area contributed by atoms with Gasteiger partial charge in [-0.2, -0.15) is 5.10 Å². The number of rotatable bonds is 1. The van der Waals surface area contributed by atoms with Gasteiger partial charge in [0.2, 0.25) is 0 Å². The smallest absolute Gasteiger partial charge is 0.145 e. The minimum atomic E-state index is 0.506. The molecule has 0 amide bonds. The largest absolute Gasteiger partial charge is 0.382 e. The van der Waals surface area contributed by atoms with Crippen molar-refractivity contribution in [1.29, 1.82) is 0 Å². The summed E-state index contributed by atoms with van der Waals surface area (Å²) in [6.07, 6.45) is 3.41. The zero-order valence-corrected chi connectivity index (χ0v) is 9.51. The number of aromatic nitrogens is 2. The molecule has 0 aliphatic heterocycles. The third-order valence-electron chi connectivity index (χ3n) is 3.07. The summed E-state index contributed by atoms with van der Waals surface area (Å²) < 4.78 is 0. The van der Waals surface area contributed by atoms with E-state index in [2.05, 4.69) is 16.3 Å². The highest BCUT2D eigenvalue weighted by molar-refractivity contribution is 6.31. The van der Waals surface area contributed by atoms with Crippen molar-refractivity contribution in [2.45, 2.75) is 19.3 Å². The first-order valence-electron chi connectivity index (χ1n) is 5.36. The van der Waals surface area contributed by atoms with Crippen molar-refractivity contribution in [1.82, 2.24) is 10.2 Å². The van der Waals surface area contributed by atoms with Crippen LogP contribution in [0.5, 0.6) is 0 Å². The van der Waals surface area contributed by atoms with Crippen LogP contribution in [0.4, 0.5) is 5.82 Å². The zero-order chi connectivity index (χ0) is 11.1. The predicted molar refractivity (Wildman–Crippen MR) is 65.5 cm³/mol.